The quantitative estimate of drug-likeness (QED) is 0.842. The molecule has 0 atom stereocenters. The maximum Gasteiger partial charge on any atom is 0.338 e. The Kier molecular flexibility index (Phi) is 2.63. The molecule has 1 aliphatic heterocycles. The van der Waals surface area contributed by atoms with Gasteiger partial charge in [0.2, 0.25) is 0 Å². The molecule has 0 saturated heterocycles. The number of hydrogen-bond donors (Lipinski definition) is 1. The zero-order chi connectivity index (χ0) is 12.7. The molecule has 3 rings (SSSR count). The predicted octanol–water partition coefficient (Wildman–Crippen LogP) is 3.57. The van der Waals surface area contributed by atoms with Gasteiger partial charge in [-0.2, -0.15) is 0 Å². The first kappa shape index (κ1) is 11.3. The van der Waals surface area contributed by atoms with Crippen molar-refractivity contribution in [2.24, 2.45) is 0 Å². The number of carbonyl (C=O) groups is 1. The zero-order valence-corrected chi connectivity index (χ0v) is 10.1. The van der Waals surface area contributed by atoms with Crippen molar-refractivity contribution in [1.82, 2.24) is 0 Å². The Morgan fingerprint density at radius 3 is 3.06 bits per heavy atom. The Balaban J connectivity index is 2.08. The third-order valence-corrected chi connectivity index (χ3v) is 3.99. The Labute approximate surface area is 107 Å². The number of ether oxygens (including phenoxy) is 1. The molecule has 1 aromatic rings. The van der Waals surface area contributed by atoms with E-state index in [1.165, 1.54) is 23.9 Å². The largest absolute Gasteiger partial charge is 0.478 e. The van der Waals surface area contributed by atoms with Crippen molar-refractivity contribution in [3.05, 3.63) is 46.3 Å². The lowest BCUT2D eigenvalue weighted by atomic mass is 10.1. The van der Waals surface area contributed by atoms with Gasteiger partial charge in [0.15, 0.2) is 5.82 Å². The van der Waals surface area contributed by atoms with Gasteiger partial charge in [-0.1, -0.05) is 17.8 Å². The average Bonchev–Trinajstić information content (AvgIpc) is 2.37. The highest BCUT2D eigenvalue weighted by molar-refractivity contribution is 8.03. The number of benzene rings is 1. The molecule has 18 heavy (non-hydrogen) atoms. The van der Waals surface area contributed by atoms with E-state index >= 15 is 0 Å². The van der Waals surface area contributed by atoms with Crippen LogP contribution in [0.15, 0.2) is 39.8 Å². The van der Waals surface area contributed by atoms with E-state index in [1.807, 2.05) is 12.2 Å². The Hall–Kier alpha value is -1.75. The molecule has 5 heteroatoms. The number of carboxylic acid groups (broad SMARTS) is 1. The van der Waals surface area contributed by atoms with Gasteiger partial charge in [0, 0.05) is 6.42 Å². The molecular formula is C13H9FO3S. The van der Waals surface area contributed by atoms with Crippen LogP contribution in [0.25, 0.3) is 0 Å². The number of aromatic carboxylic acids is 1. The smallest absolute Gasteiger partial charge is 0.338 e. The summed E-state index contributed by atoms with van der Waals surface area (Å²) in [5.74, 6) is -0.764. The van der Waals surface area contributed by atoms with E-state index in [-0.39, 0.29) is 10.5 Å². The van der Waals surface area contributed by atoms with Crippen LogP contribution in [0.5, 0.6) is 5.75 Å². The third-order valence-electron chi connectivity index (χ3n) is 2.82. The molecule has 0 amide bonds. The lowest BCUT2D eigenvalue weighted by Gasteiger charge is -2.23. The van der Waals surface area contributed by atoms with E-state index < -0.39 is 11.8 Å². The van der Waals surface area contributed by atoms with Crippen molar-refractivity contribution in [3.63, 3.8) is 0 Å². The summed E-state index contributed by atoms with van der Waals surface area (Å²) in [6, 6.07) is 2.75. The van der Waals surface area contributed by atoms with Crippen LogP contribution < -0.4 is 4.74 Å². The Bertz CT molecular complexity index is 604. The molecule has 1 N–H and O–H groups in total. The number of rotatable bonds is 1. The van der Waals surface area contributed by atoms with Crippen LogP contribution in [0.3, 0.4) is 0 Å². The van der Waals surface area contributed by atoms with Crippen LogP contribution in [-0.2, 0) is 0 Å². The summed E-state index contributed by atoms with van der Waals surface area (Å²) in [6.07, 6.45) is 5.59. The molecule has 2 aliphatic rings. The number of allylic oxidation sites excluding steroid dienone is 3. The minimum atomic E-state index is -1.27. The molecule has 0 radical (unpaired) electrons. The molecule has 3 nitrogen and oxygen atoms in total. The van der Waals surface area contributed by atoms with E-state index in [1.54, 1.807) is 0 Å². The molecule has 0 saturated carbocycles. The normalized spacial score (nSPS) is 16.9. The molecule has 0 spiro atoms. The van der Waals surface area contributed by atoms with Gasteiger partial charge in [-0.05, 0) is 24.6 Å². The van der Waals surface area contributed by atoms with Gasteiger partial charge in [0.05, 0.1) is 15.4 Å². The Morgan fingerprint density at radius 2 is 2.28 bits per heavy atom. The van der Waals surface area contributed by atoms with E-state index in [9.17, 15) is 9.18 Å². The van der Waals surface area contributed by atoms with Gasteiger partial charge in [-0.25, -0.2) is 9.18 Å². The first-order chi connectivity index (χ1) is 8.66. The summed E-state index contributed by atoms with van der Waals surface area (Å²) in [5, 5.41) is 8.88. The second-order valence-electron chi connectivity index (χ2n) is 3.99. The maximum absolute atomic E-state index is 14.0. The van der Waals surface area contributed by atoms with Crippen molar-refractivity contribution in [1.29, 1.82) is 0 Å². The molecule has 1 heterocycles. The number of halogens is 1. The van der Waals surface area contributed by atoms with Crippen molar-refractivity contribution in [2.45, 2.75) is 17.7 Å². The average molecular weight is 264 g/mol. The Morgan fingerprint density at radius 1 is 1.44 bits per heavy atom. The SMILES string of the molecule is O=C(O)c1ccc2c(c1F)SC1=C(CCC=C1)O2. The second-order valence-corrected chi connectivity index (χ2v) is 5.04. The molecule has 0 aromatic heterocycles. The van der Waals surface area contributed by atoms with Crippen molar-refractivity contribution in [2.75, 3.05) is 0 Å². The first-order valence-electron chi connectivity index (χ1n) is 5.48. The molecule has 92 valence electrons. The molecule has 0 bridgehead atoms. The lowest BCUT2D eigenvalue weighted by Crippen LogP contribution is -2.09. The molecule has 1 aromatic carbocycles. The minimum Gasteiger partial charge on any atom is -0.478 e. The second kappa shape index (κ2) is 4.17. The summed E-state index contributed by atoms with van der Waals surface area (Å²) in [5.41, 5.74) is -0.325. The fraction of sp³-hybridized carbons (Fsp3) is 0.154. The number of fused-ring (bicyclic) bond motifs is 1. The van der Waals surface area contributed by atoms with E-state index in [4.69, 9.17) is 9.84 Å². The predicted molar refractivity (Wildman–Crippen MR) is 65.2 cm³/mol. The summed E-state index contributed by atoms with van der Waals surface area (Å²) in [4.78, 5) is 12.0. The number of hydrogen-bond acceptors (Lipinski definition) is 3. The van der Waals surface area contributed by atoms with Crippen LogP contribution >= 0.6 is 11.8 Å². The molecular weight excluding hydrogens is 255 g/mol. The summed E-state index contributed by atoms with van der Waals surface area (Å²) >= 11 is 1.23. The van der Waals surface area contributed by atoms with Crippen LogP contribution in [0.1, 0.15) is 23.2 Å². The van der Waals surface area contributed by atoms with E-state index in [2.05, 4.69) is 0 Å². The van der Waals surface area contributed by atoms with Crippen LogP contribution in [0.2, 0.25) is 0 Å². The lowest BCUT2D eigenvalue weighted by molar-refractivity contribution is 0.0691. The van der Waals surface area contributed by atoms with Crippen LogP contribution in [0, 0.1) is 5.82 Å². The topological polar surface area (TPSA) is 46.5 Å². The standard InChI is InChI=1S/C13H9FO3S/c14-11-7(13(15)16)5-6-9-12(11)18-10-4-2-1-3-8(10)17-9/h2,4-6H,1,3H2,(H,15,16). The van der Waals surface area contributed by atoms with Gasteiger partial charge in [-0.15, -0.1) is 0 Å². The third kappa shape index (κ3) is 1.71. The zero-order valence-electron chi connectivity index (χ0n) is 9.27. The summed E-state index contributed by atoms with van der Waals surface area (Å²) in [7, 11) is 0. The molecule has 0 unspecified atom stereocenters. The van der Waals surface area contributed by atoms with Crippen molar-refractivity contribution >= 4 is 17.7 Å². The van der Waals surface area contributed by atoms with Crippen LogP contribution in [-0.4, -0.2) is 11.1 Å². The fourth-order valence-electron chi connectivity index (χ4n) is 1.93. The molecule has 0 fully saturated rings. The first-order valence-corrected chi connectivity index (χ1v) is 6.29. The minimum absolute atomic E-state index is 0.250. The van der Waals surface area contributed by atoms with E-state index in [0.29, 0.717) is 5.75 Å². The molecule has 1 aliphatic carbocycles. The maximum atomic E-state index is 14.0. The van der Waals surface area contributed by atoms with Gasteiger partial charge in [-0.3, -0.25) is 0 Å². The fourth-order valence-corrected chi connectivity index (χ4v) is 2.99. The highest BCUT2D eigenvalue weighted by Crippen LogP contribution is 2.46. The van der Waals surface area contributed by atoms with Crippen molar-refractivity contribution < 1.29 is 19.0 Å². The monoisotopic (exact) mass is 264 g/mol. The highest BCUT2D eigenvalue weighted by atomic mass is 32.2. The highest BCUT2D eigenvalue weighted by Gasteiger charge is 2.26. The van der Waals surface area contributed by atoms with Gasteiger partial charge in [0.25, 0.3) is 0 Å². The summed E-state index contributed by atoms with van der Waals surface area (Å²) < 4.78 is 19.7. The van der Waals surface area contributed by atoms with Crippen molar-refractivity contribution in [3.8, 4) is 5.75 Å². The van der Waals surface area contributed by atoms with Gasteiger partial charge in [0.1, 0.15) is 11.5 Å². The van der Waals surface area contributed by atoms with E-state index in [0.717, 1.165) is 23.5 Å². The van der Waals surface area contributed by atoms with Gasteiger partial charge < -0.3 is 9.84 Å². The summed E-state index contributed by atoms with van der Waals surface area (Å²) in [6.45, 7) is 0. The number of carboxylic acids is 1. The number of thioether (sulfide) groups is 1. The van der Waals surface area contributed by atoms with Crippen LogP contribution in [0.4, 0.5) is 4.39 Å². The van der Waals surface area contributed by atoms with Gasteiger partial charge >= 0.3 is 5.97 Å².